The SMILES string of the molecule is C[CH]=[Pt]([Cl])([Cl])=[CH]C. The molecule has 7 heavy (non-hydrogen) atoms. The standard InChI is InChI=1S/2C2H4.2ClH.Pt/c2*1-2;;;/h2*1H,2H3;2*1H;/q;;;;+2/p-2. The molecular weight excluding hydrogens is 314 g/mol. The monoisotopic (exact) mass is 321 g/mol. The van der Waals surface area contributed by atoms with E-state index in [-0.39, 0.29) is 0 Å². The summed E-state index contributed by atoms with van der Waals surface area (Å²) in [7, 11) is 11.5. The van der Waals surface area contributed by atoms with Gasteiger partial charge in [0.2, 0.25) is 0 Å². The average Bonchev–Trinajstić information content (AvgIpc) is 1.68. The molecule has 0 aliphatic heterocycles. The Morgan fingerprint density at radius 1 is 1.14 bits per heavy atom. The van der Waals surface area contributed by atoms with Crippen molar-refractivity contribution in [2.75, 3.05) is 0 Å². The third-order valence-electron chi connectivity index (χ3n) is 0.487. The van der Waals surface area contributed by atoms with E-state index >= 15 is 0 Å². The molecule has 0 aromatic heterocycles. The second kappa shape index (κ2) is 3.12. The molecule has 0 atom stereocenters. The van der Waals surface area contributed by atoms with E-state index in [1.165, 1.54) is 0 Å². The van der Waals surface area contributed by atoms with Gasteiger partial charge in [0.05, 0.1) is 0 Å². The van der Waals surface area contributed by atoms with Gasteiger partial charge in [0.15, 0.2) is 0 Å². The van der Waals surface area contributed by atoms with Crippen LogP contribution in [0.1, 0.15) is 13.8 Å². The minimum absolute atomic E-state index is 1.90. The van der Waals surface area contributed by atoms with Crippen LogP contribution in [0, 0.1) is 0 Å². The maximum atomic E-state index is 5.74. The minimum atomic E-state index is -2.33. The molecule has 0 amide bonds. The van der Waals surface area contributed by atoms with Crippen molar-refractivity contribution in [3.8, 4) is 0 Å². The van der Waals surface area contributed by atoms with Gasteiger partial charge in [0.1, 0.15) is 0 Å². The summed E-state index contributed by atoms with van der Waals surface area (Å²) < 4.78 is 3.80. The summed E-state index contributed by atoms with van der Waals surface area (Å²) in [6.07, 6.45) is 0. The van der Waals surface area contributed by atoms with Gasteiger partial charge in [-0.25, -0.2) is 0 Å². The van der Waals surface area contributed by atoms with E-state index in [0.29, 0.717) is 0 Å². The molecule has 0 aliphatic carbocycles. The second-order valence-electron chi connectivity index (χ2n) is 0.792. The summed E-state index contributed by atoms with van der Waals surface area (Å²) in [5.41, 5.74) is 0. The van der Waals surface area contributed by atoms with Gasteiger partial charge < -0.3 is 0 Å². The van der Waals surface area contributed by atoms with Crippen LogP contribution >= 0.6 is 18.8 Å². The third-order valence-corrected chi connectivity index (χ3v) is 8.50. The van der Waals surface area contributed by atoms with E-state index in [0.717, 1.165) is 0 Å². The number of hydrogen-bond acceptors (Lipinski definition) is 0. The van der Waals surface area contributed by atoms with Crippen molar-refractivity contribution in [3.63, 3.8) is 0 Å². The molecule has 0 saturated heterocycles. The topological polar surface area (TPSA) is 0 Å². The molecule has 0 spiro atoms. The second-order valence-corrected chi connectivity index (χ2v) is 14.0. The van der Waals surface area contributed by atoms with Crippen molar-refractivity contribution in [2.45, 2.75) is 13.8 Å². The van der Waals surface area contributed by atoms with Crippen LogP contribution in [0.15, 0.2) is 0 Å². The van der Waals surface area contributed by atoms with Gasteiger partial charge in [0.25, 0.3) is 0 Å². The maximum absolute atomic E-state index is 5.74. The summed E-state index contributed by atoms with van der Waals surface area (Å²) in [6.45, 7) is 3.80. The molecule has 3 heteroatoms. The number of hydrogen-bond donors (Lipinski definition) is 0. The van der Waals surface area contributed by atoms with Crippen LogP contribution in [0.3, 0.4) is 0 Å². The molecule has 0 fully saturated rings. The summed E-state index contributed by atoms with van der Waals surface area (Å²) in [6, 6.07) is 0. The van der Waals surface area contributed by atoms with E-state index in [9.17, 15) is 0 Å². The van der Waals surface area contributed by atoms with Crippen LogP contribution in [-0.2, 0) is 13.1 Å². The van der Waals surface area contributed by atoms with Crippen LogP contribution in [0.5, 0.6) is 0 Å². The van der Waals surface area contributed by atoms with Gasteiger partial charge in [-0.05, 0) is 0 Å². The Kier molecular flexibility index (Phi) is 3.57. The van der Waals surface area contributed by atoms with Crippen LogP contribution in [0.4, 0.5) is 0 Å². The molecule has 0 saturated carbocycles. The third kappa shape index (κ3) is 3.58. The van der Waals surface area contributed by atoms with Crippen molar-refractivity contribution >= 4 is 27.6 Å². The molecule has 0 heterocycles. The zero-order valence-corrected chi connectivity index (χ0v) is 8.01. The predicted molar refractivity (Wildman–Crippen MR) is 35.2 cm³/mol. The first-order chi connectivity index (χ1) is 3.12. The number of halogens is 2. The van der Waals surface area contributed by atoms with Crippen LogP contribution < -0.4 is 0 Å². The Bertz CT molecular complexity index is 129. The van der Waals surface area contributed by atoms with E-state index in [4.69, 9.17) is 18.8 Å². The zero-order chi connectivity index (χ0) is 5.91. The van der Waals surface area contributed by atoms with Gasteiger partial charge in [-0.1, -0.05) is 0 Å². The van der Waals surface area contributed by atoms with Gasteiger partial charge in [-0.3, -0.25) is 0 Å². The Morgan fingerprint density at radius 2 is 1.43 bits per heavy atom. The van der Waals surface area contributed by atoms with Gasteiger partial charge in [0, 0.05) is 0 Å². The average molecular weight is 322 g/mol. The number of rotatable bonds is 0. The van der Waals surface area contributed by atoms with Crippen LogP contribution in [-0.4, -0.2) is 8.80 Å². The molecule has 0 aromatic rings. The molecule has 0 bridgehead atoms. The first kappa shape index (κ1) is 8.01. The quantitative estimate of drug-likeness (QED) is 0.641. The fourth-order valence-corrected chi connectivity index (χ4v) is 0.863. The zero-order valence-electron chi connectivity index (χ0n) is 4.23. The van der Waals surface area contributed by atoms with Crippen LogP contribution in [0.2, 0.25) is 0 Å². The van der Waals surface area contributed by atoms with E-state index < -0.39 is 13.1 Å². The van der Waals surface area contributed by atoms with Gasteiger partial charge in [-0.2, -0.15) is 0 Å². The summed E-state index contributed by atoms with van der Waals surface area (Å²) in [5, 5.41) is 0. The predicted octanol–water partition coefficient (Wildman–Crippen LogP) is 2.09. The van der Waals surface area contributed by atoms with E-state index in [1.807, 2.05) is 22.6 Å². The fourth-order valence-electron chi connectivity index (χ4n) is 0.105. The van der Waals surface area contributed by atoms with Crippen LogP contribution in [0.25, 0.3) is 0 Å². The molecule has 0 rings (SSSR count). The van der Waals surface area contributed by atoms with Crippen molar-refractivity contribution in [1.82, 2.24) is 0 Å². The fraction of sp³-hybridized carbons (Fsp3) is 0.500. The Labute approximate surface area is 54.5 Å². The molecule has 0 N–H and O–H groups in total. The molecule has 0 aromatic carbocycles. The van der Waals surface area contributed by atoms with Crippen molar-refractivity contribution in [3.05, 3.63) is 0 Å². The van der Waals surface area contributed by atoms with Gasteiger partial charge in [-0.15, -0.1) is 0 Å². The van der Waals surface area contributed by atoms with Gasteiger partial charge >= 0.3 is 54.5 Å². The van der Waals surface area contributed by atoms with Crippen molar-refractivity contribution in [1.29, 1.82) is 0 Å². The summed E-state index contributed by atoms with van der Waals surface area (Å²) in [5.74, 6) is 0. The molecular formula is C4H8Cl2Pt. The molecule has 0 aliphatic rings. The van der Waals surface area contributed by atoms with Crippen molar-refractivity contribution < 1.29 is 13.1 Å². The Morgan fingerprint density at radius 3 is 1.43 bits per heavy atom. The summed E-state index contributed by atoms with van der Waals surface area (Å²) in [4.78, 5) is 0. The molecule has 0 unspecified atom stereocenters. The normalized spacial score (nSPS) is 13.1. The molecule has 48 valence electrons. The molecule has 0 nitrogen and oxygen atoms in total. The van der Waals surface area contributed by atoms with E-state index in [1.54, 1.807) is 0 Å². The van der Waals surface area contributed by atoms with E-state index in [2.05, 4.69) is 0 Å². The molecule has 0 radical (unpaired) electrons. The first-order valence-electron chi connectivity index (χ1n) is 1.76. The summed E-state index contributed by atoms with van der Waals surface area (Å²) >= 11 is -2.33. The Hall–Kier alpha value is 1.01. The Balaban J connectivity index is 4.51. The first-order valence-corrected chi connectivity index (χ1v) is 10.0. The van der Waals surface area contributed by atoms with Crippen molar-refractivity contribution in [2.24, 2.45) is 0 Å².